The zero-order valence-corrected chi connectivity index (χ0v) is 9.89. The molecule has 0 fully saturated rings. The maximum Gasteiger partial charge on any atom is 0.237 e. The van der Waals surface area contributed by atoms with E-state index in [9.17, 15) is 0 Å². The molecular formula is C12H12ClN3O. The molecule has 0 bridgehead atoms. The van der Waals surface area contributed by atoms with Gasteiger partial charge in [-0.15, -0.1) is 0 Å². The van der Waals surface area contributed by atoms with Crippen LogP contribution < -0.4 is 10.5 Å². The van der Waals surface area contributed by atoms with Gasteiger partial charge in [-0.3, -0.25) is 4.98 Å². The maximum absolute atomic E-state index is 6.02. The number of rotatable bonds is 4. The molecule has 0 amide bonds. The summed E-state index contributed by atoms with van der Waals surface area (Å²) in [7, 11) is 0. The Morgan fingerprint density at radius 2 is 1.94 bits per heavy atom. The molecular weight excluding hydrogens is 238 g/mol. The molecule has 1 aromatic heterocycles. The van der Waals surface area contributed by atoms with Crippen molar-refractivity contribution >= 4 is 11.6 Å². The monoisotopic (exact) mass is 249 g/mol. The number of ether oxygens (including phenoxy) is 1. The number of benzene rings is 1. The van der Waals surface area contributed by atoms with Gasteiger partial charge in [-0.2, -0.15) is 0 Å². The molecule has 0 spiro atoms. The van der Waals surface area contributed by atoms with Gasteiger partial charge in [0.15, 0.2) is 0 Å². The molecule has 0 saturated carbocycles. The Balaban J connectivity index is 2.10. The lowest BCUT2D eigenvalue weighted by Crippen LogP contribution is -2.06. The zero-order valence-electron chi connectivity index (χ0n) is 9.14. The van der Waals surface area contributed by atoms with E-state index in [-0.39, 0.29) is 0 Å². The summed E-state index contributed by atoms with van der Waals surface area (Å²) in [5.41, 5.74) is 7.08. The Morgan fingerprint density at radius 3 is 2.71 bits per heavy atom. The molecule has 2 aromatic rings. The minimum Gasteiger partial charge on any atom is -0.471 e. The normalized spacial score (nSPS) is 10.2. The summed E-state index contributed by atoms with van der Waals surface area (Å²) in [6.45, 7) is 0.650. The number of hydrogen-bond donors (Lipinski definition) is 1. The lowest BCUT2D eigenvalue weighted by atomic mass is 10.2. The Morgan fingerprint density at radius 1 is 1.18 bits per heavy atom. The summed E-state index contributed by atoms with van der Waals surface area (Å²) in [6, 6.07) is 7.51. The highest BCUT2D eigenvalue weighted by Crippen LogP contribution is 2.18. The first-order valence-electron chi connectivity index (χ1n) is 5.17. The SMILES string of the molecule is NCc1nccnc1OCc1ccccc1Cl. The highest BCUT2D eigenvalue weighted by Gasteiger charge is 2.06. The number of nitrogens with two attached hydrogens (primary N) is 1. The van der Waals surface area contributed by atoms with Crippen LogP contribution >= 0.6 is 11.6 Å². The highest BCUT2D eigenvalue weighted by molar-refractivity contribution is 6.31. The quantitative estimate of drug-likeness (QED) is 0.902. The maximum atomic E-state index is 6.02. The van der Waals surface area contributed by atoms with Crippen LogP contribution in [0.2, 0.25) is 5.02 Å². The van der Waals surface area contributed by atoms with Crippen molar-refractivity contribution in [2.24, 2.45) is 5.73 Å². The van der Waals surface area contributed by atoms with Gasteiger partial charge in [-0.25, -0.2) is 4.98 Å². The summed E-state index contributed by atoms with van der Waals surface area (Å²) in [5, 5.41) is 0.672. The average Bonchev–Trinajstić information content (AvgIpc) is 2.38. The fourth-order valence-corrected chi connectivity index (χ4v) is 1.57. The summed E-state index contributed by atoms with van der Waals surface area (Å²) in [6.07, 6.45) is 3.16. The van der Waals surface area contributed by atoms with Crippen molar-refractivity contribution in [2.75, 3.05) is 0 Å². The third kappa shape index (κ3) is 2.93. The molecule has 2 rings (SSSR count). The number of aromatic nitrogens is 2. The van der Waals surface area contributed by atoms with E-state index in [2.05, 4.69) is 9.97 Å². The van der Waals surface area contributed by atoms with Crippen molar-refractivity contribution in [1.82, 2.24) is 9.97 Å². The molecule has 0 saturated heterocycles. The van der Waals surface area contributed by atoms with E-state index in [1.807, 2.05) is 24.3 Å². The number of nitrogens with zero attached hydrogens (tertiary/aromatic N) is 2. The first kappa shape index (κ1) is 11.8. The summed E-state index contributed by atoms with van der Waals surface area (Å²) < 4.78 is 5.56. The molecule has 0 unspecified atom stereocenters. The van der Waals surface area contributed by atoms with Crippen LogP contribution in [0.1, 0.15) is 11.3 Å². The van der Waals surface area contributed by atoms with Crippen LogP contribution in [0.15, 0.2) is 36.7 Å². The minimum atomic E-state index is 0.297. The highest BCUT2D eigenvalue weighted by atomic mass is 35.5. The van der Waals surface area contributed by atoms with Crippen molar-refractivity contribution in [3.63, 3.8) is 0 Å². The summed E-state index contributed by atoms with van der Waals surface area (Å²) >= 11 is 6.02. The Bertz CT molecular complexity index is 505. The zero-order chi connectivity index (χ0) is 12.1. The van der Waals surface area contributed by atoms with Crippen LogP contribution in [0.4, 0.5) is 0 Å². The third-order valence-electron chi connectivity index (χ3n) is 2.25. The van der Waals surface area contributed by atoms with Crippen molar-refractivity contribution in [3.8, 4) is 5.88 Å². The van der Waals surface area contributed by atoms with Gasteiger partial charge in [0, 0.05) is 29.5 Å². The molecule has 0 aliphatic rings. The van der Waals surface area contributed by atoms with E-state index < -0.39 is 0 Å². The minimum absolute atomic E-state index is 0.297. The van der Waals surface area contributed by atoms with Gasteiger partial charge >= 0.3 is 0 Å². The molecule has 0 atom stereocenters. The second kappa shape index (κ2) is 5.61. The standard InChI is InChI=1S/C12H12ClN3O/c13-10-4-2-1-3-9(10)8-17-12-11(7-14)15-5-6-16-12/h1-6H,7-8,14H2. The molecule has 0 radical (unpaired) electrons. The third-order valence-corrected chi connectivity index (χ3v) is 2.62. The molecule has 88 valence electrons. The molecule has 5 heteroatoms. The van der Waals surface area contributed by atoms with E-state index in [0.717, 1.165) is 5.56 Å². The Kier molecular flexibility index (Phi) is 3.90. The van der Waals surface area contributed by atoms with Gasteiger partial charge in [0.25, 0.3) is 0 Å². The van der Waals surface area contributed by atoms with E-state index in [1.54, 1.807) is 12.4 Å². The smallest absolute Gasteiger partial charge is 0.237 e. The van der Waals surface area contributed by atoms with Crippen LogP contribution in [0.25, 0.3) is 0 Å². The molecule has 1 aromatic carbocycles. The van der Waals surface area contributed by atoms with Gasteiger partial charge in [0.1, 0.15) is 12.3 Å². The van der Waals surface area contributed by atoms with E-state index >= 15 is 0 Å². The largest absolute Gasteiger partial charge is 0.471 e. The molecule has 17 heavy (non-hydrogen) atoms. The van der Waals surface area contributed by atoms with Crippen molar-refractivity contribution < 1.29 is 4.74 Å². The summed E-state index contributed by atoms with van der Waals surface area (Å²) in [5.74, 6) is 0.454. The van der Waals surface area contributed by atoms with Crippen molar-refractivity contribution in [1.29, 1.82) is 0 Å². The molecule has 2 N–H and O–H groups in total. The topological polar surface area (TPSA) is 61.0 Å². The molecule has 0 aliphatic carbocycles. The predicted octanol–water partition coefficient (Wildman–Crippen LogP) is 2.17. The Hall–Kier alpha value is -1.65. The lowest BCUT2D eigenvalue weighted by Gasteiger charge is -2.08. The van der Waals surface area contributed by atoms with Crippen molar-refractivity contribution in [2.45, 2.75) is 13.2 Å². The van der Waals surface area contributed by atoms with Crippen LogP contribution in [-0.2, 0) is 13.2 Å². The van der Waals surface area contributed by atoms with E-state index in [4.69, 9.17) is 22.1 Å². The van der Waals surface area contributed by atoms with Gasteiger partial charge < -0.3 is 10.5 Å². The fraction of sp³-hybridized carbons (Fsp3) is 0.167. The van der Waals surface area contributed by atoms with Gasteiger partial charge in [-0.1, -0.05) is 29.8 Å². The van der Waals surface area contributed by atoms with E-state index in [1.165, 1.54) is 0 Å². The second-order valence-electron chi connectivity index (χ2n) is 3.39. The van der Waals surface area contributed by atoms with Crippen LogP contribution in [-0.4, -0.2) is 9.97 Å². The average molecular weight is 250 g/mol. The first-order valence-corrected chi connectivity index (χ1v) is 5.55. The second-order valence-corrected chi connectivity index (χ2v) is 3.80. The Labute approximate surface area is 104 Å². The molecule has 0 aliphatic heterocycles. The van der Waals surface area contributed by atoms with Crippen LogP contribution in [0.5, 0.6) is 5.88 Å². The van der Waals surface area contributed by atoms with Gasteiger partial charge in [0.2, 0.25) is 5.88 Å². The molecule has 1 heterocycles. The number of halogens is 1. The van der Waals surface area contributed by atoms with Gasteiger partial charge in [-0.05, 0) is 6.07 Å². The number of hydrogen-bond acceptors (Lipinski definition) is 4. The fourth-order valence-electron chi connectivity index (χ4n) is 1.38. The van der Waals surface area contributed by atoms with Crippen LogP contribution in [0, 0.1) is 0 Å². The van der Waals surface area contributed by atoms with Crippen molar-refractivity contribution in [3.05, 3.63) is 52.9 Å². The van der Waals surface area contributed by atoms with Gasteiger partial charge in [0.05, 0.1) is 0 Å². The first-order chi connectivity index (χ1) is 8.31. The van der Waals surface area contributed by atoms with Crippen LogP contribution in [0.3, 0.4) is 0 Å². The lowest BCUT2D eigenvalue weighted by molar-refractivity contribution is 0.288. The summed E-state index contributed by atoms with van der Waals surface area (Å²) in [4.78, 5) is 8.17. The predicted molar refractivity (Wildman–Crippen MR) is 65.7 cm³/mol. The van der Waals surface area contributed by atoms with E-state index in [0.29, 0.717) is 29.7 Å². The molecule has 4 nitrogen and oxygen atoms in total.